The maximum atomic E-state index is 11.6. The average molecular weight is 268 g/mol. The van der Waals surface area contributed by atoms with Gasteiger partial charge < -0.3 is 9.47 Å². The van der Waals surface area contributed by atoms with Crippen LogP contribution in [0.5, 0.6) is 0 Å². The molecule has 2 aliphatic rings. The lowest BCUT2D eigenvalue weighted by atomic mass is 9.70. The third kappa shape index (κ3) is 2.31. The summed E-state index contributed by atoms with van der Waals surface area (Å²) >= 11 is 0. The van der Waals surface area contributed by atoms with Crippen molar-refractivity contribution in [3.05, 3.63) is 0 Å². The second-order valence-electron chi connectivity index (χ2n) is 7.16. The molecule has 0 aromatic rings. The Labute approximate surface area is 117 Å². The van der Waals surface area contributed by atoms with Crippen molar-refractivity contribution >= 4 is 5.97 Å². The summed E-state index contributed by atoms with van der Waals surface area (Å²) in [6, 6.07) is 0. The fraction of sp³-hybridized carbons (Fsp3) is 0.938. The van der Waals surface area contributed by atoms with E-state index in [1.54, 1.807) is 0 Å². The monoisotopic (exact) mass is 268 g/mol. The first-order valence-electron chi connectivity index (χ1n) is 7.61. The number of fused-ring (bicyclic) bond motifs is 2. The Morgan fingerprint density at radius 1 is 1.37 bits per heavy atom. The number of esters is 1. The zero-order chi connectivity index (χ0) is 14.3. The Balaban J connectivity index is 1.84. The average Bonchev–Trinajstić information content (AvgIpc) is 2.70. The number of hydrogen-bond donors (Lipinski definition) is 0. The lowest BCUT2D eigenvalue weighted by molar-refractivity contribution is -0.173. The Hall–Kier alpha value is -0.570. The van der Waals surface area contributed by atoms with Crippen molar-refractivity contribution in [2.24, 2.45) is 22.7 Å². The Morgan fingerprint density at radius 2 is 2.05 bits per heavy atom. The lowest BCUT2D eigenvalue weighted by Gasteiger charge is -2.38. The molecular weight excluding hydrogens is 240 g/mol. The predicted octanol–water partition coefficient (Wildman–Crippen LogP) is 3.76. The molecule has 2 fully saturated rings. The van der Waals surface area contributed by atoms with Crippen molar-refractivity contribution in [2.45, 2.75) is 66.4 Å². The zero-order valence-corrected chi connectivity index (χ0v) is 13.0. The van der Waals surface area contributed by atoms with E-state index in [1.165, 1.54) is 12.8 Å². The van der Waals surface area contributed by atoms with Crippen LogP contribution in [0.4, 0.5) is 0 Å². The van der Waals surface area contributed by atoms with Gasteiger partial charge in [-0.05, 0) is 42.4 Å². The van der Waals surface area contributed by atoms with E-state index in [0.717, 1.165) is 18.8 Å². The zero-order valence-electron chi connectivity index (χ0n) is 13.0. The van der Waals surface area contributed by atoms with Crippen LogP contribution in [0, 0.1) is 22.7 Å². The van der Waals surface area contributed by atoms with E-state index in [2.05, 4.69) is 20.8 Å². The number of carbonyl (C=O) groups excluding carboxylic acids is 1. The molecule has 2 bridgehead atoms. The van der Waals surface area contributed by atoms with Crippen LogP contribution >= 0.6 is 0 Å². The van der Waals surface area contributed by atoms with Crippen molar-refractivity contribution in [3.63, 3.8) is 0 Å². The molecule has 0 aliphatic heterocycles. The third-order valence-corrected chi connectivity index (χ3v) is 6.20. The van der Waals surface area contributed by atoms with Gasteiger partial charge >= 0.3 is 5.97 Å². The lowest BCUT2D eigenvalue weighted by Crippen LogP contribution is -2.37. The highest BCUT2D eigenvalue weighted by atomic mass is 16.7. The molecule has 0 saturated heterocycles. The van der Waals surface area contributed by atoms with E-state index in [1.807, 2.05) is 13.8 Å². The molecule has 110 valence electrons. The van der Waals surface area contributed by atoms with Gasteiger partial charge in [0.2, 0.25) is 0 Å². The molecule has 0 spiro atoms. The summed E-state index contributed by atoms with van der Waals surface area (Å²) in [5, 5.41) is 0. The van der Waals surface area contributed by atoms with Crippen molar-refractivity contribution in [2.75, 3.05) is 6.79 Å². The smallest absolute Gasteiger partial charge is 0.310 e. The van der Waals surface area contributed by atoms with Crippen molar-refractivity contribution in [3.8, 4) is 0 Å². The SMILES string of the molecule is CCC(C)C(=O)OCOC1CC2CCC1(C)C2(C)C. The van der Waals surface area contributed by atoms with Crippen LogP contribution in [-0.2, 0) is 14.3 Å². The Bertz CT molecular complexity index is 350. The molecule has 3 nitrogen and oxygen atoms in total. The summed E-state index contributed by atoms with van der Waals surface area (Å²) in [5.41, 5.74) is 0.582. The molecule has 2 saturated carbocycles. The highest BCUT2D eigenvalue weighted by Gasteiger charge is 2.61. The van der Waals surface area contributed by atoms with Crippen molar-refractivity contribution < 1.29 is 14.3 Å². The summed E-state index contributed by atoms with van der Waals surface area (Å²) < 4.78 is 11.1. The third-order valence-electron chi connectivity index (χ3n) is 6.20. The van der Waals surface area contributed by atoms with Crippen LogP contribution in [0.15, 0.2) is 0 Å². The first-order chi connectivity index (χ1) is 8.83. The minimum atomic E-state index is -0.143. The van der Waals surface area contributed by atoms with Crippen LogP contribution in [0.3, 0.4) is 0 Å². The molecule has 0 heterocycles. The maximum absolute atomic E-state index is 11.6. The van der Waals surface area contributed by atoms with Crippen LogP contribution < -0.4 is 0 Å². The molecular formula is C16H28O3. The van der Waals surface area contributed by atoms with E-state index < -0.39 is 0 Å². The summed E-state index contributed by atoms with van der Waals surface area (Å²) in [4.78, 5) is 11.6. The van der Waals surface area contributed by atoms with Gasteiger partial charge in [0.05, 0.1) is 12.0 Å². The quantitative estimate of drug-likeness (QED) is 0.562. The molecule has 3 heteroatoms. The van der Waals surface area contributed by atoms with Crippen LogP contribution in [0.25, 0.3) is 0 Å². The first kappa shape index (κ1) is 14.8. The Morgan fingerprint density at radius 3 is 2.53 bits per heavy atom. The van der Waals surface area contributed by atoms with Crippen LogP contribution in [0.2, 0.25) is 0 Å². The second-order valence-corrected chi connectivity index (χ2v) is 7.16. The number of hydrogen-bond acceptors (Lipinski definition) is 3. The van der Waals surface area contributed by atoms with Gasteiger partial charge in [-0.2, -0.15) is 0 Å². The number of carbonyl (C=O) groups is 1. The van der Waals surface area contributed by atoms with Gasteiger partial charge in [0.15, 0.2) is 6.79 Å². The van der Waals surface area contributed by atoms with Gasteiger partial charge in [-0.3, -0.25) is 4.79 Å². The van der Waals surface area contributed by atoms with E-state index >= 15 is 0 Å². The summed E-state index contributed by atoms with van der Waals surface area (Å²) in [6.07, 6.45) is 4.72. The fourth-order valence-corrected chi connectivity index (χ4v) is 3.87. The van der Waals surface area contributed by atoms with Gasteiger partial charge in [-0.25, -0.2) is 0 Å². The summed E-state index contributed by atoms with van der Waals surface area (Å²) in [6.45, 7) is 11.1. The topological polar surface area (TPSA) is 35.5 Å². The molecule has 2 aliphatic carbocycles. The molecule has 0 aromatic heterocycles. The van der Waals surface area contributed by atoms with E-state index in [9.17, 15) is 4.79 Å². The standard InChI is InChI=1S/C16H28O3/c1-6-11(2)14(17)19-10-18-13-9-12-7-8-16(13,5)15(12,3)4/h11-13H,6-10H2,1-5H3. The summed E-state index contributed by atoms with van der Waals surface area (Å²) in [5.74, 6) is 0.582. The number of ether oxygens (including phenoxy) is 2. The molecule has 0 N–H and O–H groups in total. The normalized spacial score (nSPS) is 37.3. The van der Waals surface area contributed by atoms with E-state index in [-0.39, 0.29) is 30.2 Å². The van der Waals surface area contributed by atoms with Gasteiger partial charge in [-0.1, -0.05) is 34.6 Å². The van der Waals surface area contributed by atoms with Crippen LogP contribution in [0.1, 0.15) is 60.3 Å². The number of rotatable bonds is 5. The predicted molar refractivity (Wildman–Crippen MR) is 74.5 cm³/mol. The van der Waals surface area contributed by atoms with Gasteiger partial charge in [0.1, 0.15) is 0 Å². The second kappa shape index (κ2) is 5.08. The van der Waals surface area contributed by atoms with Crippen molar-refractivity contribution in [1.82, 2.24) is 0 Å². The molecule has 2 rings (SSSR count). The molecule has 19 heavy (non-hydrogen) atoms. The van der Waals surface area contributed by atoms with Gasteiger partial charge in [0, 0.05) is 0 Å². The minimum Gasteiger partial charge on any atom is -0.438 e. The fourth-order valence-electron chi connectivity index (χ4n) is 3.87. The van der Waals surface area contributed by atoms with Crippen molar-refractivity contribution in [1.29, 1.82) is 0 Å². The summed E-state index contributed by atoms with van der Waals surface area (Å²) in [7, 11) is 0. The van der Waals surface area contributed by atoms with Gasteiger partial charge in [-0.15, -0.1) is 0 Å². The molecule has 0 radical (unpaired) electrons. The largest absolute Gasteiger partial charge is 0.438 e. The molecule has 4 atom stereocenters. The highest BCUT2D eigenvalue weighted by molar-refractivity contribution is 5.71. The highest BCUT2D eigenvalue weighted by Crippen LogP contribution is 2.66. The first-order valence-corrected chi connectivity index (χ1v) is 7.61. The van der Waals surface area contributed by atoms with Crippen LogP contribution in [-0.4, -0.2) is 18.9 Å². The molecule has 0 aromatic carbocycles. The maximum Gasteiger partial charge on any atom is 0.310 e. The van der Waals surface area contributed by atoms with Gasteiger partial charge in [0.25, 0.3) is 0 Å². The Kier molecular flexibility index (Phi) is 3.97. The van der Waals surface area contributed by atoms with E-state index in [4.69, 9.17) is 9.47 Å². The van der Waals surface area contributed by atoms with E-state index in [0.29, 0.717) is 5.41 Å². The molecule has 0 amide bonds. The molecule has 4 unspecified atom stereocenters. The minimum absolute atomic E-state index is 0.0318.